The molecule has 0 saturated carbocycles. The van der Waals surface area contributed by atoms with Crippen molar-refractivity contribution in [2.75, 3.05) is 24.9 Å². The van der Waals surface area contributed by atoms with Gasteiger partial charge in [0.1, 0.15) is 42.5 Å². The van der Waals surface area contributed by atoms with Crippen molar-refractivity contribution in [2.24, 2.45) is 0 Å². The monoisotopic (exact) mass is 739 g/mol. The van der Waals surface area contributed by atoms with Gasteiger partial charge in [-0.2, -0.15) is 5.09 Å². The molecule has 49 heavy (non-hydrogen) atoms. The molecule has 0 bridgehead atoms. The van der Waals surface area contributed by atoms with Crippen LogP contribution in [-0.2, 0) is 40.0 Å². The molecule has 4 aromatic rings. The summed E-state index contributed by atoms with van der Waals surface area (Å²) in [5.41, 5.74) is -0.910. The summed E-state index contributed by atoms with van der Waals surface area (Å²) >= 11 is 5.98. The minimum atomic E-state index is -4.40. The Bertz CT molecular complexity index is 1930. The number of nitrogens with zero attached hydrogens (tertiary/aromatic N) is 5. The van der Waals surface area contributed by atoms with Crippen LogP contribution >= 0.6 is 19.3 Å². The lowest BCUT2D eigenvalue weighted by Crippen LogP contribution is -2.44. The van der Waals surface area contributed by atoms with E-state index in [9.17, 15) is 28.0 Å². The van der Waals surface area contributed by atoms with Gasteiger partial charge in [0, 0.05) is 12.1 Å². The number of imidazole rings is 1. The number of carbonyl (C=O) groups excluding carboxylic acids is 1. The second kappa shape index (κ2) is 14.6. The van der Waals surface area contributed by atoms with Gasteiger partial charge in [-0.1, -0.05) is 41.9 Å². The zero-order valence-electron chi connectivity index (χ0n) is 26.7. The van der Waals surface area contributed by atoms with Gasteiger partial charge < -0.3 is 24.2 Å². The highest BCUT2D eigenvalue weighted by Crippen LogP contribution is 2.47. The van der Waals surface area contributed by atoms with Crippen LogP contribution in [-0.4, -0.2) is 87.9 Å². The van der Waals surface area contributed by atoms with E-state index in [4.69, 9.17) is 30.1 Å². The number of hydrazine groups is 1. The lowest BCUT2D eigenvalue weighted by molar-refractivity contribution is -0.146. The summed E-state index contributed by atoms with van der Waals surface area (Å²) in [4.78, 5) is 27.7. The van der Waals surface area contributed by atoms with E-state index in [2.05, 4.69) is 24.9 Å². The standard InChI is InChI=1S/C29H35ClN7O10PS/c1-18(27(39)44-14-19-8-6-5-7-9-19)34-48(41,47-21-12-10-20(30)11-13-21)45-15-22-24(38)29(2,40)28(46-22)37-17-33-23-25(31-16-32-26(23)37)36(3)35-49(4,42)43/h5-13,16-18,22,24,28,35,38,40H,14-15H2,1-4H3,(H,34,41)/t18?,22-,24-,28-,29-,48?/m1/s1. The molecular formula is C29H35ClN7O10PS. The number of aliphatic hydroxyl groups excluding tert-OH is 1. The third-order valence-electron chi connectivity index (χ3n) is 7.34. The maximum Gasteiger partial charge on any atom is 0.459 e. The van der Waals surface area contributed by atoms with Gasteiger partial charge in [-0.3, -0.25) is 18.9 Å². The summed E-state index contributed by atoms with van der Waals surface area (Å²) in [6.07, 6.45) is -0.750. The molecule has 0 radical (unpaired) electrons. The SMILES string of the molecule is CC(NP(=O)(OC[C@H]1O[C@@H](n2cnc3c(N(C)NS(C)(=O)=O)ncnc32)[C@](C)(O)[C@@H]1O)Oc1ccc(Cl)cc1)C(=O)OCc1ccccc1. The van der Waals surface area contributed by atoms with E-state index in [0.717, 1.165) is 16.8 Å². The van der Waals surface area contributed by atoms with Crippen LogP contribution in [0.25, 0.3) is 11.2 Å². The summed E-state index contributed by atoms with van der Waals surface area (Å²) in [6, 6.07) is 13.7. The van der Waals surface area contributed by atoms with Crippen molar-refractivity contribution in [3.05, 3.63) is 77.8 Å². The van der Waals surface area contributed by atoms with E-state index < -0.39 is 60.4 Å². The number of esters is 1. The number of anilines is 1. The molecular weight excluding hydrogens is 705 g/mol. The summed E-state index contributed by atoms with van der Waals surface area (Å²) in [5, 5.41) is 26.7. The number of aliphatic hydroxyl groups is 2. The maximum absolute atomic E-state index is 14.1. The molecule has 5 rings (SSSR count). The number of aromatic nitrogens is 4. The fourth-order valence-corrected chi connectivity index (χ4v) is 7.18. The minimum Gasteiger partial charge on any atom is -0.460 e. The summed E-state index contributed by atoms with van der Waals surface area (Å²) < 4.78 is 61.7. The summed E-state index contributed by atoms with van der Waals surface area (Å²) in [7, 11) is -6.63. The third kappa shape index (κ3) is 8.72. The van der Waals surface area contributed by atoms with Gasteiger partial charge in [-0.25, -0.2) is 27.9 Å². The minimum absolute atomic E-state index is 0.0205. The molecule has 1 aliphatic heterocycles. The van der Waals surface area contributed by atoms with Crippen LogP contribution in [0.2, 0.25) is 5.02 Å². The van der Waals surface area contributed by atoms with Crippen molar-refractivity contribution in [2.45, 2.75) is 50.5 Å². The molecule has 6 atom stereocenters. The average molecular weight is 740 g/mol. The van der Waals surface area contributed by atoms with Crippen LogP contribution in [0.15, 0.2) is 67.3 Å². The number of fused-ring (bicyclic) bond motifs is 1. The number of hydrogen-bond acceptors (Lipinski definition) is 14. The number of hydrogen-bond donors (Lipinski definition) is 4. The Morgan fingerprint density at radius 1 is 1.18 bits per heavy atom. The van der Waals surface area contributed by atoms with E-state index in [0.29, 0.717) is 5.02 Å². The Hall–Kier alpha value is -3.71. The topological polar surface area (TPSA) is 217 Å². The molecule has 4 N–H and O–H groups in total. The Labute approximate surface area is 286 Å². The smallest absolute Gasteiger partial charge is 0.459 e. The van der Waals surface area contributed by atoms with Gasteiger partial charge in [-0.05, 0) is 43.7 Å². The Morgan fingerprint density at radius 2 is 1.88 bits per heavy atom. The molecule has 2 aromatic heterocycles. The maximum atomic E-state index is 14.1. The predicted molar refractivity (Wildman–Crippen MR) is 177 cm³/mol. The first-order chi connectivity index (χ1) is 23.1. The fourth-order valence-electron chi connectivity index (χ4n) is 4.97. The molecule has 1 saturated heterocycles. The van der Waals surface area contributed by atoms with Crippen LogP contribution in [0, 0.1) is 0 Å². The zero-order valence-corrected chi connectivity index (χ0v) is 29.2. The van der Waals surface area contributed by atoms with E-state index in [-0.39, 0.29) is 29.3 Å². The molecule has 1 fully saturated rings. The number of sulfonamides is 1. The quantitative estimate of drug-likeness (QED) is 0.0829. The first kappa shape index (κ1) is 36.6. The molecule has 20 heteroatoms. The lowest BCUT2D eigenvalue weighted by Gasteiger charge is -2.27. The highest BCUT2D eigenvalue weighted by molar-refractivity contribution is 7.88. The normalized spacial score (nSPS) is 22.8. The van der Waals surface area contributed by atoms with Gasteiger partial charge in [0.05, 0.1) is 19.2 Å². The number of ether oxygens (including phenoxy) is 2. The molecule has 264 valence electrons. The van der Waals surface area contributed by atoms with Gasteiger partial charge in [-0.15, -0.1) is 4.83 Å². The fraction of sp³-hybridized carbons (Fsp3) is 0.379. The molecule has 0 aliphatic carbocycles. The van der Waals surface area contributed by atoms with Crippen molar-refractivity contribution in [1.82, 2.24) is 29.4 Å². The van der Waals surface area contributed by atoms with E-state index in [1.807, 2.05) is 6.07 Å². The third-order valence-corrected chi connectivity index (χ3v) is 9.85. The van der Waals surface area contributed by atoms with Gasteiger partial charge in [0.15, 0.2) is 23.2 Å². The molecule has 0 spiro atoms. The second-order valence-corrected chi connectivity index (χ2v) is 15.3. The van der Waals surface area contributed by atoms with E-state index >= 15 is 0 Å². The molecule has 17 nitrogen and oxygen atoms in total. The number of halogens is 1. The van der Waals surface area contributed by atoms with Gasteiger partial charge in [0.25, 0.3) is 0 Å². The van der Waals surface area contributed by atoms with Gasteiger partial charge in [0.2, 0.25) is 10.0 Å². The van der Waals surface area contributed by atoms with Crippen molar-refractivity contribution in [3.8, 4) is 5.75 Å². The van der Waals surface area contributed by atoms with Crippen LogP contribution in [0.3, 0.4) is 0 Å². The number of rotatable bonds is 14. The Kier molecular flexibility index (Phi) is 10.9. The van der Waals surface area contributed by atoms with Crippen LogP contribution in [0.5, 0.6) is 5.75 Å². The Balaban J connectivity index is 1.34. The number of nitrogens with one attached hydrogen (secondary N) is 2. The van der Waals surface area contributed by atoms with E-state index in [1.165, 1.54) is 62.4 Å². The number of benzene rings is 2. The van der Waals surface area contributed by atoms with Crippen LogP contribution in [0.4, 0.5) is 5.82 Å². The summed E-state index contributed by atoms with van der Waals surface area (Å²) in [6.45, 7) is 2.14. The Morgan fingerprint density at radius 3 is 2.55 bits per heavy atom. The lowest BCUT2D eigenvalue weighted by atomic mass is 9.96. The number of carbonyl (C=O) groups is 1. The first-order valence-electron chi connectivity index (χ1n) is 14.7. The molecule has 3 heterocycles. The molecule has 2 unspecified atom stereocenters. The predicted octanol–water partition coefficient (Wildman–Crippen LogP) is 2.31. The van der Waals surface area contributed by atoms with Crippen molar-refractivity contribution >= 4 is 52.3 Å². The molecule has 2 aromatic carbocycles. The zero-order chi connectivity index (χ0) is 35.6. The summed E-state index contributed by atoms with van der Waals surface area (Å²) in [5.74, 6) is -0.535. The van der Waals surface area contributed by atoms with Gasteiger partial charge >= 0.3 is 13.7 Å². The van der Waals surface area contributed by atoms with Crippen LogP contribution < -0.4 is 19.5 Å². The van der Waals surface area contributed by atoms with Crippen LogP contribution in [0.1, 0.15) is 25.6 Å². The molecule has 0 amide bonds. The first-order valence-corrected chi connectivity index (χ1v) is 18.5. The average Bonchev–Trinajstić information content (AvgIpc) is 3.57. The second-order valence-electron chi connectivity index (χ2n) is 11.4. The highest BCUT2D eigenvalue weighted by Gasteiger charge is 2.54. The van der Waals surface area contributed by atoms with Crippen molar-refractivity contribution < 1.29 is 46.5 Å². The highest BCUT2D eigenvalue weighted by atomic mass is 35.5. The van der Waals surface area contributed by atoms with E-state index in [1.54, 1.807) is 24.3 Å². The van der Waals surface area contributed by atoms with Crippen molar-refractivity contribution in [3.63, 3.8) is 0 Å². The van der Waals surface area contributed by atoms with Crippen molar-refractivity contribution in [1.29, 1.82) is 0 Å². The largest absolute Gasteiger partial charge is 0.460 e. The molecule has 1 aliphatic rings.